The van der Waals surface area contributed by atoms with Crippen molar-refractivity contribution in [2.24, 2.45) is 0 Å². The van der Waals surface area contributed by atoms with Crippen LogP contribution in [0.2, 0.25) is 0 Å². The van der Waals surface area contributed by atoms with Gasteiger partial charge in [0.1, 0.15) is 6.07 Å². The van der Waals surface area contributed by atoms with Crippen LogP contribution in [0.25, 0.3) is 16.7 Å². The number of nitriles is 2. The summed E-state index contributed by atoms with van der Waals surface area (Å²) in [5, 5.41) is 19.0. The van der Waals surface area contributed by atoms with Gasteiger partial charge in [-0.3, -0.25) is 0 Å². The molecule has 0 bridgehead atoms. The van der Waals surface area contributed by atoms with E-state index in [1.807, 2.05) is 42.5 Å². The van der Waals surface area contributed by atoms with Gasteiger partial charge in [-0.15, -0.1) is 0 Å². The maximum Gasteiger partial charge on any atom is 0.101 e. The van der Waals surface area contributed by atoms with Crippen LogP contribution in [0.15, 0.2) is 175 Å². The molecular formula is C43H31N3. The molecule has 3 heteroatoms. The average Bonchev–Trinajstić information content (AvgIpc) is 3.13. The monoisotopic (exact) mass is 589 g/mol. The van der Waals surface area contributed by atoms with E-state index in [1.165, 1.54) is 5.57 Å². The Labute approximate surface area is 270 Å². The fourth-order valence-electron chi connectivity index (χ4n) is 5.72. The third-order valence-corrected chi connectivity index (χ3v) is 7.93. The zero-order valence-corrected chi connectivity index (χ0v) is 25.5. The van der Waals surface area contributed by atoms with E-state index in [0.717, 1.165) is 50.5 Å². The molecular weight excluding hydrogens is 558 g/mol. The van der Waals surface area contributed by atoms with Gasteiger partial charge in [-0.1, -0.05) is 133 Å². The van der Waals surface area contributed by atoms with Crippen molar-refractivity contribution in [3.8, 4) is 12.1 Å². The first kappa shape index (κ1) is 29.6. The van der Waals surface area contributed by atoms with Crippen molar-refractivity contribution in [2.75, 3.05) is 4.90 Å². The number of nitrogens with zero attached hydrogens (tertiary/aromatic N) is 3. The Morgan fingerprint density at radius 2 is 0.717 bits per heavy atom. The summed E-state index contributed by atoms with van der Waals surface area (Å²) in [7, 11) is 0. The third-order valence-electron chi connectivity index (χ3n) is 7.93. The summed E-state index contributed by atoms with van der Waals surface area (Å²) < 4.78 is 0. The highest BCUT2D eigenvalue weighted by Crippen LogP contribution is 2.39. The van der Waals surface area contributed by atoms with E-state index in [0.29, 0.717) is 11.1 Å². The molecule has 0 saturated heterocycles. The number of para-hydroxylation sites is 1. The second-order valence-electron chi connectivity index (χ2n) is 10.8. The molecule has 0 aliphatic rings. The largest absolute Gasteiger partial charge is 0.311 e. The first-order chi connectivity index (χ1) is 22.7. The standard InChI is InChI=1S/C43H31N3/c1-32(30-44)41(31-45)33-22-26-39(27-23-33)46(38-20-12-5-13-21-38)40-28-24-37(25-29-40)43(36-18-10-4-11-19-36)42(34-14-6-2-7-15-34)35-16-8-3-9-17-35/h2-29H,1H3/b41-32-. The van der Waals surface area contributed by atoms with Gasteiger partial charge in [0.05, 0.1) is 11.6 Å². The fourth-order valence-corrected chi connectivity index (χ4v) is 5.72. The highest BCUT2D eigenvalue weighted by Gasteiger charge is 2.18. The fraction of sp³-hybridized carbons (Fsp3) is 0.0233. The summed E-state index contributed by atoms with van der Waals surface area (Å²) in [5.74, 6) is 0. The van der Waals surface area contributed by atoms with E-state index >= 15 is 0 Å². The molecule has 0 unspecified atom stereocenters. The van der Waals surface area contributed by atoms with Crippen LogP contribution in [0.5, 0.6) is 0 Å². The van der Waals surface area contributed by atoms with Gasteiger partial charge in [0, 0.05) is 22.6 Å². The van der Waals surface area contributed by atoms with E-state index < -0.39 is 0 Å². The Morgan fingerprint density at radius 1 is 0.391 bits per heavy atom. The second kappa shape index (κ2) is 13.9. The molecule has 6 aromatic rings. The number of hydrogen-bond acceptors (Lipinski definition) is 3. The SMILES string of the molecule is C/C(C#N)=C(\C#N)c1ccc(N(c2ccccc2)c2ccc(C(=C(c3ccccc3)c3ccccc3)c3ccccc3)cc2)cc1. The molecule has 0 atom stereocenters. The summed E-state index contributed by atoms with van der Waals surface area (Å²) >= 11 is 0. The number of anilines is 3. The summed E-state index contributed by atoms with van der Waals surface area (Å²) in [5.41, 5.74) is 11.4. The minimum atomic E-state index is 0.387. The predicted octanol–water partition coefficient (Wildman–Crippen LogP) is 11.0. The normalized spacial score (nSPS) is 11.0. The van der Waals surface area contributed by atoms with Crippen molar-refractivity contribution in [2.45, 2.75) is 6.92 Å². The highest BCUT2D eigenvalue weighted by molar-refractivity contribution is 6.04. The highest BCUT2D eigenvalue weighted by atomic mass is 15.1. The summed E-state index contributed by atoms with van der Waals surface area (Å²) in [6, 6.07) is 62.7. The Kier molecular flexibility index (Phi) is 8.97. The van der Waals surface area contributed by atoms with Gasteiger partial charge in [-0.25, -0.2) is 0 Å². The molecule has 0 aliphatic carbocycles. The van der Waals surface area contributed by atoms with Crippen molar-refractivity contribution in [1.29, 1.82) is 10.5 Å². The van der Waals surface area contributed by atoms with Crippen molar-refractivity contribution in [3.05, 3.63) is 203 Å². The molecule has 3 nitrogen and oxygen atoms in total. The molecule has 0 radical (unpaired) electrons. The minimum absolute atomic E-state index is 0.387. The lowest BCUT2D eigenvalue weighted by atomic mass is 9.86. The number of hydrogen-bond donors (Lipinski definition) is 0. The van der Waals surface area contributed by atoms with Gasteiger partial charge in [-0.2, -0.15) is 10.5 Å². The topological polar surface area (TPSA) is 50.8 Å². The van der Waals surface area contributed by atoms with Crippen molar-refractivity contribution >= 4 is 33.8 Å². The van der Waals surface area contributed by atoms with Gasteiger partial charge in [0.25, 0.3) is 0 Å². The molecule has 0 aromatic heterocycles. The van der Waals surface area contributed by atoms with Gasteiger partial charge < -0.3 is 4.90 Å². The predicted molar refractivity (Wildman–Crippen MR) is 189 cm³/mol. The molecule has 0 fully saturated rings. The molecule has 0 aliphatic heterocycles. The molecule has 0 spiro atoms. The van der Waals surface area contributed by atoms with Crippen LogP contribution in [0, 0.1) is 22.7 Å². The Hall–Kier alpha value is -6.42. The van der Waals surface area contributed by atoms with E-state index in [4.69, 9.17) is 0 Å². The van der Waals surface area contributed by atoms with E-state index in [2.05, 4.69) is 144 Å². The van der Waals surface area contributed by atoms with Crippen LogP contribution >= 0.6 is 0 Å². The Bertz CT molecular complexity index is 2020. The number of allylic oxidation sites excluding steroid dienone is 2. The average molecular weight is 590 g/mol. The Morgan fingerprint density at radius 3 is 1.09 bits per heavy atom. The molecule has 0 heterocycles. The van der Waals surface area contributed by atoms with Crippen LogP contribution in [0.1, 0.15) is 34.7 Å². The maximum absolute atomic E-state index is 9.68. The molecule has 218 valence electrons. The van der Waals surface area contributed by atoms with Crippen molar-refractivity contribution in [1.82, 2.24) is 0 Å². The third kappa shape index (κ3) is 6.27. The first-order valence-electron chi connectivity index (χ1n) is 15.2. The van der Waals surface area contributed by atoms with E-state index in [9.17, 15) is 10.5 Å². The minimum Gasteiger partial charge on any atom is -0.311 e. The van der Waals surface area contributed by atoms with Crippen LogP contribution in [-0.4, -0.2) is 0 Å². The van der Waals surface area contributed by atoms with Crippen LogP contribution in [-0.2, 0) is 0 Å². The van der Waals surface area contributed by atoms with Crippen LogP contribution in [0.3, 0.4) is 0 Å². The zero-order valence-electron chi connectivity index (χ0n) is 25.5. The quantitative estimate of drug-likeness (QED) is 0.131. The van der Waals surface area contributed by atoms with Gasteiger partial charge in [0.2, 0.25) is 0 Å². The maximum atomic E-state index is 9.68. The van der Waals surface area contributed by atoms with Crippen LogP contribution < -0.4 is 4.90 Å². The van der Waals surface area contributed by atoms with Gasteiger partial charge >= 0.3 is 0 Å². The summed E-state index contributed by atoms with van der Waals surface area (Å²) in [4.78, 5) is 2.20. The lowest BCUT2D eigenvalue weighted by Crippen LogP contribution is -2.10. The molecule has 6 aromatic carbocycles. The summed E-state index contributed by atoms with van der Waals surface area (Å²) in [6.45, 7) is 1.67. The lowest BCUT2D eigenvalue weighted by molar-refractivity contribution is 1.28. The second-order valence-corrected chi connectivity index (χ2v) is 10.8. The van der Waals surface area contributed by atoms with Gasteiger partial charge in [0.15, 0.2) is 0 Å². The first-order valence-corrected chi connectivity index (χ1v) is 15.2. The molecule has 0 N–H and O–H groups in total. The number of benzene rings is 6. The lowest BCUT2D eigenvalue weighted by Gasteiger charge is -2.26. The molecule has 0 saturated carbocycles. The van der Waals surface area contributed by atoms with Crippen molar-refractivity contribution in [3.63, 3.8) is 0 Å². The van der Waals surface area contributed by atoms with Crippen molar-refractivity contribution < 1.29 is 0 Å². The smallest absolute Gasteiger partial charge is 0.101 e. The zero-order chi connectivity index (χ0) is 31.7. The molecule has 0 amide bonds. The van der Waals surface area contributed by atoms with Gasteiger partial charge in [-0.05, 0) is 82.3 Å². The van der Waals surface area contributed by atoms with E-state index in [-0.39, 0.29) is 0 Å². The Balaban J connectivity index is 1.50. The van der Waals surface area contributed by atoms with E-state index in [1.54, 1.807) is 6.92 Å². The molecule has 6 rings (SSSR count). The number of rotatable bonds is 8. The summed E-state index contributed by atoms with van der Waals surface area (Å²) in [6.07, 6.45) is 0. The van der Waals surface area contributed by atoms with Crippen LogP contribution in [0.4, 0.5) is 17.1 Å². The molecule has 46 heavy (non-hydrogen) atoms.